The number of nitrogens with zero attached hydrogens (tertiary/aromatic N) is 2. The molecule has 0 unspecified atom stereocenters. The van der Waals surface area contributed by atoms with Gasteiger partial charge < -0.3 is 19.7 Å². The quantitative estimate of drug-likeness (QED) is 0.554. The van der Waals surface area contributed by atoms with Crippen molar-refractivity contribution in [3.05, 3.63) is 60.0 Å². The molecule has 1 aromatic heterocycles. The zero-order valence-electron chi connectivity index (χ0n) is 16.2. The number of aromatic nitrogens is 2. The van der Waals surface area contributed by atoms with Crippen molar-refractivity contribution in [3.8, 4) is 22.9 Å². The molecule has 0 saturated carbocycles. The van der Waals surface area contributed by atoms with Crippen molar-refractivity contribution in [2.45, 2.75) is 19.3 Å². The van der Waals surface area contributed by atoms with E-state index in [1.54, 1.807) is 14.2 Å². The highest BCUT2D eigenvalue weighted by atomic mass is 16.5. The standard InChI is InChI=1S/C22H25N3O3/c1-26-19-12-10-16(11-13-19)21-24-22(28-25-21)18(8-5-6-14-23)15-17-7-3-4-9-20(17)27-2/h3-4,7,9-13,15H,5-6,8,14,23H2,1-2H3/b18-15+. The molecule has 146 valence electrons. The minimum Gasteiger partial charge on any atom is -0.497 e. The first-order valence-electron chi connectivity index (χ1n) is 9.27. The first kappa shape index (κ1) is 19.6. The lowest BCUT2D eigenvalue weighted by Crippen LogP contribution is -1.98. The van der Waals surface area contributed by atoms with Gasteiger partial charge in [0.15, 0.2) is 0 Å². The molecule has 1 heterocycles. The first-order chi connectivity index (χ1) is 13.7. The average Bonchev–Trinajstić information content (AvgIpc) is 3.23. The lowest BCUT2D eigenvalue weighted by Gasteiger charge is -2.07. The van der Waals surface area contributed by atoms with Crippen LogP contribution in [0.3, 0.4) is 0 Å². The number of ether oxygens (including phenoxy) is 2. The molecular formula is C22H25N3O3. The Kier molecular flexibility index (Phi) is 6.81. The number of rotatable bonds is 9. The second-order valence-electron chi connectivity index (χ2n) is 6.31. The van der Waals surface area contributed by atoms with Gasteiger partial charge in [0.2, 0.25) is 5.82 Å². The maximum atomic E-state index is 5.65. The van der Waals surface area contributed by atoms with E-state index in [1.165, 1.54) is 0 Å². The van der Waals surface area contributed by atoms with Crippen molar-refractivity contribution in [2.24, 2.45) is 5.73 Å². The predicted molar refractivity (Wildman–Crippen MR) is 110 cm³/mol. The van der Waals surface area contributed by atoms with Crippen LogP contribution >= 0.6 is 0 Å². The number of hydrogen-bond acceptors (Lipinski definition) is 6. The monoisotopic (exact) mass is 379 g/mol. The number of allylic oxidation sites excluding steroid dienone is 1. The van der Waals surface area contributed by atoms with Crippen molar-refractivity contribution >= 4 is 11.6 Å². The third kappa shape index (κ3) is 4.78. The number of hydrogen-bond donors (Lipinski definition) is 1. The van der Waals surface area contributed by atoms with Crippen LogP contribution in [0.1, 0.15) is 30.7 Å². The predicted octanol–water partition coefficient (Wildman–Crippen LogP) is 4.42. The van der Waals surface area contributed by atoms with Gasteiger partial charge in [-0.1, -0.05) is 23.4 Å². The van der Waals surface area contributed by atoms with Gasteiger partial charge >= 0.3 is 0 Å². The summed E-state index contributed by atoms with van der Waals surface area (Å²) in [5.74, 6) is 2.64. The Morgan fingerprint density at radius 1 is 1.04 bits per heavy atom. The van der Waals surface area contributed by atoms with Crippen molar-refractivity contribution in [3.63, 3.8) is 0 Å². The van der Waals surface area contributed by atoms with Crippen LogP contribution in [0.5, 0.6) is 11.5 Å². The van der Waals surface area contributed by atoms with E-state index in [0.717, 1.165) is 47.5 Å². The fourth-order valence-electron chi connectivity index (χ4n) is 2.89. The average molecular weight is 379 g/mol. The minimum absolute atomic E-state index is 0.508. The third-order valence-corrected chi connectivity index (χ3v) is 4.42. The summed E-state index contributed by atoms with van der Waals surface area (Å²) in [4.78, 5) is 4.61. The fraction of sp³-hybridized carbons (Fsp3) is 0.273. The summed E-state index contributed by atoms with van der Waals surface area (Å²) in [5.41, 5.74) is 8.46. The zero-order valence-corrected chi connectivity index (χ0v) is 16.2. The highest BCUT2D eigenvalue weighted by molar-refractivity contribution is 5.80. The van der Waals surface area contributed by atoms with Crippen molar-refractivity contribution < 1.29 is 14.0 Å². The van der Waals surface area contributed by atoms with Crippen LogP contribution in [0.4, 0.5) is 0 Å². The van der Waals surface area contributed by atoms with Gasteiger partial charge in [0, 0.05) is 16.7 Å². The number of unbranched alkanes of at least 4 members (excludes halogenated alkanes) is 1. The van der Waals surface area contributed by atoms with Gasteiger partial charge in [-0.25, -0.2) is 0 Å². The van der Waals surface area contributed by atoms with Gasteiger partial charge in [0.1, 0.15) is 11.5 Å². The van der Waals surface area contributed by atoms with E-state index in [2.05, 4.69) is 10.1 Å². The normalized spacial score (nSPS) is 11.5. The molecule has 0 bridgehead atoms. The molecular weight excluding hydrogens is 354 g/mol. The van der Waals surface area contributed by atoms with E-state index in [-0.39, 0.29) is 0 Å². The molecule has 0 fully saturated rings. The fourth-order valence-corrected chi connectivity index (χ4v) is 2.89. The molecule has 2 N–H and O–H groups in total. The van der Waals surface area contributed by atoms with Crippen LogP contribution in [0.15, 0.2) is 53.1 Å². The summed E-state index contributed by atoms with van der Waals surface area (Å²) in [5, 5.41) is 4.15. The van der Waals surface area contributed by atoms with Crippen LogP contribution in [0.25, 0.3) is 23.0 Å². The van der Waals surface area contributed by atoms with E-state index < -0.39 is 0 Å². The van der Waals surface area contributed by atoms with Gasteiger partial charge in [-0.2, -0.15) is 4.98 Å². The highest BCUT2D eigenvalue weighted by Crippen LogP contribution is 2.28. The Bertz CT molecular complexity index is 917. The Morgan fingerprint density at radius 3 is 2.54 bits per heavy atom. The molecule has 0 spiro atoms. The molecule has 0 aliphatic heterocycles. The summed E-state index contributed by atoms with van der Waals surface area (Å²) in [6, 6.07) is 15.4. The molecule has 6 nitrogen and oxygen atoms in total. The first-order valence-corrected chi connectivity index (χ1v) is 9.27. The summed E-state index contributed by atoms with van der Waals surface area (Å²) < 4.78 is 16.2. The number of para-hydroxylation sites is 1. The molecule has 0 saturated heterocycles. The summed E-state index contributed by atoms with van der Waals surface area (Å²) in [6.07, 6.45) is 4.71. The van der Waals surface area contributed by atoms with E-state index in [0.29, 0.717) is 18.3 Å². The lowest BCUT2D eigenvalue weighted by molar-refractivity contribution is 0.406. The van der Waals surface area contributed by atoms with Crippen molar-refractivity contribution in [1.29, 1.82) is 0 Å². The van der Waals surface area contributed by atoms with Crippen LogP contribution in [0.2, 0.25) is 0 Å². The molecule has 0 radical (unpaired) electrons. The summed E-state index contributed by atoms with van der Waals surface area (Å²) in [7, 11) is 3.30. The molecule has 6 heteroatoms. The molecule has 0 aliphatic carbocycles. The van der Waals surface area contributed by atoms with Crippen LogP contribution in [-0.4, -0.2) is 30.9 Å². The van der Waals surface area contributed by atoms with Gasteiger partial charge in [0.05, 0.1) is 14.2 Å². The second-order valence-corrected chi connectivity index (χ2v) is 6.31. The van der Waals surface area contributed by atoms with Gasteiger partial charge in [-0.3, -0.25) is 0 Å². The number of methoxy groups -OCH3 is 2. The van der Waals surface area contributed by atoms with Crippen LogP contribution in [-0.2, 0) is 0 Å². The Hall–Kier alpha value is -3.12. The minimum atomic E-state index is 0.508. The SMILES string of the molecule is COc1ccc(-c2noc(/C(=C/c3ccccc3OC)CCCCN)n2)cc1. The van der Waals surface area contributed by atoms with Gasteiger partial charge in [-0.05, 0) is 62.2 Å². The maximum absolute atomic E-state index is 5.65. The topological polar surface area (TPSA) is 83.4 Å². The molecule has 0 aliphatic rings. The van der Waals surface area contributed by atoms with Crippen molar-refractivity contribution in [2.75, 3.05) is 20.8 Å². The van der Waals surface area contributed by atoms with E-state index in [9.17, 15) is 0 Å². The molecule has 0 atom stereocenters. The Morgan fingerprint density at radius 2 is 1.82 bits per heavy atom. The smallest absolute Gasteiger partial charge is 0.254 e. The van der Waals surface area contributed by atoms with E-state index >= 15 is 0 Å². The second kappa shape index (κ2) is 9.71. The Labute approximate surface area is 165 Å². The number of nitrogens with two attached hydrogens (primary N) is 1. The van der Waals surface area contributed by atoms with E-state index in [1.807, 2.05) is 54.6 Å². The molecule has 28 heavy (non-hydrogen) atoms. The third-order valence-electron chi connectivity index (χ3n) is 4.42. The zero-order chi connectivity index (χ0) is 19.8. The highest BCUT2D eigenvalue weighted by Gasteiger charge is 2.14. The van der Waals surface area contributed by atoms with Crippen LogP contribution in [0, 0.1) is 0 Å². The number of benzene rings is 2. The lowest BCUT2D eigenvalue weighted by atomic mass is 10.0. The summed E-state index contributed by atoms with van der Waals surface area (Å²) >= 11 is 0. The van der Waals surface area contributed by atoms with Gasteiger partial charge in [-0.15, -0.1) is 0 Å². The van der Waals surface area contributed by atoms with Gasteiger partial charge in [0.25, 0.3) is 5.89 Å². The Balaban J connectivity index is 1.92. The molecule has 3 rings (SSSR count). The molecule has 2 aromatic carbocycles. The summed E-state index contributed by atoms with van der Waals surface area (Å²) in [6.45, 7) is 0.656. The van der Waals surface area contributed by atoms with E-state index in [4.69, 9.17) is 19.7 Å². The largest absolute Gasteiger partial charge is 0.497 e. The molecule has 3 aromatic rings. The maximum Gasteiger partial charge on any atom is 0.254 e. The van der Waals surface area contributed by atoms with Crippen LogP contribution < -0.4 is 15.2 Å². The molecule has 0 amide bonds. The van der Waals surface area contributed by atoms with Crippen molar-refractivity contribution in [1.82, 2.24) is 10.1 Å².